The first kappa shape index (κ1) is 14.0. The number of nitrogens with one attached hydrogen (secondary N) is 3. The predicted octanol–water partition coefficient (Wildman–Crippen LogP) is 2.12. The van der Waals surface area contributed by atoms with Crippen LogP contribution in [-0.2, 0) is 0 Å². The Morgan fingerprint density at radius 2 is 2.30 bits per heavy atom. The molecule has 6 heteroatoms. The molecule has 6 nitrogen and oxygen atoms in total. The SMILES string of the molecule is CCCNc1cccc(C(=O)NC(C)c2ncc[nH]2)n1. The van der Waals surface area contributed by atoms with Gasteiger partial charge in [0.05, 0.1) is 6.04 Å². The van der Waals surface area contributed by atoms with Gasteiger partial charge in [-0.05, 0) is 25.5 Å². The number of hydrogen-bond donors (Lipinski definition) is 3. The van der Waals surface area contributed by atoms with Crippen LogP contribution in [0.4, 0.5) is 5.82 Å². The van der Waals surface area contributed by atoms with Crippen molar-refractivity contribution in [3.05, 3.63) is 42.1 Å². The highest BCUT2D eigenvalue weighted by molar-refractivity contribution is 5.92. The Morgan fingerprint density at radius 3 is 3.00 bits per heavy atom. The normalized spacial score (nSPS) is 11.9. The molecule has 2 rings (SSSR count). The number of carbonyl (C=O) groups is 1. The number of carbonyl (C=O) groups excluding carboxylic acids is 1. The summed E-state index contributed by atoms with van der Waals surface area (Å²) in [6.45, 7) is 4.78. The summed E-state index contributed by atoms with van der Waals surface area (Å²) in [5.74, 6) is 1.22. The summed E-state index contributed by atoms with van der Waals surface area (Å²) in [4.78, 5) is 23.5. The van der Waals surface area contributed by atoms with Gasteiger partial charge in [0.25, 0.3) is 5.91 Å². The molecule has 0 aromatic carbocycles. The molecule has 0 spiro atoms. The average molecular weight is 273 g/mol. The molecule has 20 heavy (non-hydrogen) atoms. The van der Waals surface area contributed by atoms with Crippen LogP contribution >= 0.6 is 0 Å². The molecule has 1 amide bonds. The van der Waals surface area contributed by atoms with E-state index in [1.807, 2.05) is 19.1 Å². The third kappa shape index (κ3) is 3.57. The van der Waals surface area contributed by atoms with Gasteiger partial charge in [-0.15, -0.1) is 0 Å². The molecule has 0 aliphatic heterocycles. The fourth-order valence-corrected chi connectivity index (χ4v) is 1.77. The second-order valence-corrected chi connectivity index (χ2v) is 4.50. The van der Waals surface area contributed by atoms with Gasteiger partial charge in [0.1, 0.15) is 17.3 Å². The smallest absolute Gasteiger partial charge is 0.270 e. The zero-order valence-corrected chi connectivity index (χ0v) is 11.7. The minimum Gasteiger partial charge on any atom is -0.370 e. The molecule has 3 N–H and O–H groups in total. The zero-order chi connectivity index (χ0) is 14.4. The van der Waals surface area contributed by atoms with Crippen molar-refractivity contribution in [1.82, 2.24) is 20.3 Å². The number of anilines is 1. The summed E-state index contributed by atoms with van der Waals surface area (Å²) < 4.78 is 0. The molecule has 0 fully saturated rings. The van der Waals surface area contributed by atoms with Crippen LogP contribution in [-0.4, -0.2) is 27.4 Å². The summed E-state index contributed by atoms with van der Waals surface area (Å²) >= 11 is 0. The molecular formula is C14H19N5O. The lowest BCUT2D eigenvalue weighted by Gasteiger charge is -2.11. The largest absolute Gasteiger partial charge is 0.370 e. The van der Waals surface area contributed by atoms with E-state index in [-0.39, 0.29) is 11.9 Å². The number of aromatic amines is 1. The van der Waals surface area contributed by atoms with Crippen molar-refractivity contribution in [1.29, 1.82) is 0 Å². The van der Waals surface area contributed by atoms with Crippen LogP contribution in [0, 0.1) is 0 Å². The summed E-state index contributed by atoms with van der Waals surface area (Å²) in [5, 5.41) is 6.02. The van der Waals surface area contributed by atoms with Crippen molar-refractivity contribution in [3.8, 4) is 0 Å². The molecule has 0 saturated heterocycles. The zero-order valence-electron chi connectivity index (χ0n) is 11.7. The molecule has 2 aromatic rings. The maximum absolute atomic E-state index is 12.1. The van der Waals surface area contributed by atoms with Crippen molar-refractivity contribution < 1.29 is 4.79 Å². The van der Waals surface area contributed by atoms with Gasteiger partial charge in [0.2, 0.25) is 0 Å². The predicted molar refractivity (Wildman–Crippen MR) is 77.5 cm³/mol. The van der Waals surface area contributed by atoms with Crippen molar-refractivity contribution in [2.24, 2.45) is 0 Å². The van der Waals surface area contributed by atoms with E-state index in [0.717, 1.165) is 18.8 Å². The number of imidazole rings is 1. The highest BCUT2D eigenvalue weighted by Crippen LogP contribution is 2.09. The number of nitrogens with zero attached hydrogens (tertiary/aromatic N) is 2. The quantitative estimate of drug-likeness (QED) is 0.753. The summed E-state index contributed by atoms with van der Waals surface area (Å²) in [5.41, 5.74) is 0.393. The fraction of sp³-hybridized carbons (Fsp3) is 0.357. The van der Waals surface area contributed by atoms with E-state index in [9.17, 15) is 4.79 Å². The van der Waals surface area contributed by atoms with Gasteiger partial charge in [-0.25, -0.2) is 9.97 Å². The first-order valence-corrected chi connectivity index (χ1v) is 6.71. The summed E-state index contributed by atoms with van der Waals surface area (Å²) in [6, 6.07) is 5.17. The molecule has 0 aliphatic rings. The lowest BCUT2D eigenvalue weighted by Crippen LogP contribution is -2.28. The Bertz CT molecular complexity index is 552. The second kappa shape index (κ2) is 6.70. The molecule has 0 saturated carbocycles. The van der Waals surface area contributed by atoms with E-state index in [1.165, 1.54) is 0 Å². The maximum Gasteiger partial charge on any atom is 0.270 e. The van der Waals surface area contributed by atoms with Crippen LogP contribution in [0.15, 0.2) is 30.6 Å². The number of aromatic nitrogens is 3. The Morgan fingerprint density at radius 1 is 1.45 bits per heavy atom. The van der Waals surface area contributed by atoms with Gasteiger partial charge in [0.15, 0.2) is 0 Å². The van der Waals surface area contributed by atoms with Crippen LogP contribution in [0.1, 0.15) is 42.6 Å². The first-order chi connectivity index (χ1) is 9.70. The number of H-pyrrole nitrogens is 1. The van der Waals surface area contributed by atoms with Crippen molar-refractivity contribution in [2.75, 3.05) is 11.9 Å². The Kier molecular flexibility index (Phi) is 4.70. The number of pyridine rings is 1. The Hall–Kier alpha value is -2.37. The standard InChI is InChI=1S/C14H19N5O/c1-3-7-15-12-6-4-5-11(19-12)14(20)18-10(2)13-16-8-9-17-13/h4-6,8-10H,3,7H2,1-2H3,(H,15,19)(H,16,17)(H,18,20). The highest BCUT2D eigenvalue weighted by atomic mass is 16.1. The van der Waals surface area contributed by atoms with Crippen molar-refractivity contribution >= 4 is 11.7 Å². The molecular weight excluding hydrogens is 254 g/mol. The van der Waals surface area contributed by atoms with Crippen LogP contribution in [0.5, 0.6) is 0 Å². The van der Waals surface area contributed by atoms with E-state index < -0.39 is 0 Å². The third-order valence-electron chi connectivity index (χ3n) is 2.81. The van der Waals surface area contributed by atoms with Gasteiger partial charge in [0, 0.05) is 18.9 Å². The molecule has 0 aliphatic carbocycles. The van der Waals surface area contributed by atoms with E-state index in [4.69, 9.17) is 0 Å². The third-order valence-corrected chi connectivity index (χ3v) is 2.81. The van der Waals surface area contributed by atoms with E-state index >= 15 is 0 Å². The molecule has 106 valence electrons. The van der Waals surface area contributed by atoms with Crippen LogP contribution in [0.2, 0.25) is 0 Å². The summed E-state index contributed by atoms with van der Waals surface area (Å²) in [7, 11) is 0. The maximum atomic E-state index is 12.1. The molecule has 0 bridgehead atoms. The van der Waals surface area contributed by atoms with Crippen molar-refractivity contribution in [2.45, 2.75) is 26.3 Å². The van der Waals surface area contributed by atoms with E-state index in [0.29, 0.717) is 11.5 Å². The van der Waals surface area contributed by atoms with Gasteiger partial charge in [-0.1, -0.05) is 13.0 Å². The number of hydrogen-bond acceptors (Lipinski definition) is 4. The van der Waals surface area contributed by atoms with Gasteiger partial charge in [-0.3, -0.25) is 4.79 Å². The lowest BCUT2D eigenvalue weighted by molar-refractivity contribution is 0.0933. The molecule has 2 aromatic heterocycles. The second-order valence-electron chi connectivity index (χ2n) is 4.50. The van der Waals surface area contributed by atoms with E-state index in [1.54, 1.807) is 18.5 Å². The average Bonchev–Trinajstić information content (AvgIpc) is 2.99. The van der Waals surface area contributed by atoms with E-state index in [2.05, 4.69) is 32.5 Å². The lowest BCUT2D eigenvalue weighted by atomic mass is 10.2. The Balaban J connectivity index is 2.01. The van der Waals surface area contributed by atoms with Gasteiger partial charge < -0.3 is 15.6 Å². The topological polar surface area (TPSA) is 82.7 Å². The van der Waals surface area contributed by atoms with Crippen molar-refractivity contribution in [3.63, 3.8) is 0 Å². The number of rotatable bonds is 6. The molecule has 2 heterocycles. The van der Waals surface area contributed by atoms with Crippen LogP contribution in [0.25, 0.3) is 0 Å². The summed E-state index contributed by atoms with van der Waals surface area (Å²) in [6.07, 6.45) is 4.39. The molecule has 0 radical (unpaired) electrons. The fourth-order valence-electron chi connectivity index (χ4n) is 1.77. The Labute approximate surface area is 118 Å². The van der Waals surface area contributed by atoms with Crippen LogP contribution in [0.3, 0.4) is 0 Å². The minimum atomic E-state index is -0.214. The molecule has 1 atom stereocenters. The monoisotopic (exact) mass is 273 g/mol. The van der Waals surface area contributed by atoms with Crippen LogP contribution < -0.4 is 10.6 Å². The first-order valence-electron chi connectivity index (χ1n) is 6.71. The highest BCUT2D eigenvalue weighted by Gasteiger charge is 2.14. The van der Waals surface area contributed by atoms with Gasteiger partial charge in [-0.2, -0.15) is 0 Å². The number of amides is 1. The minimum absolute atomic E-state index is 0.188. The van der Waals surface area contributed by atoms with Gasteiger partial charge >= 0.3 is 0 Å². The molecule has 1 unspecified atom stereocenters.